The largest absolute Gasteiger partial charge is 0.481 e. The molecule has 1 aliphatic heterocycles. The van der Waals surface area contributed by atoms with Gasteiger partial charge in [-0.3, -0.25) is 9.59 Å². The molecule has 2 rings (SSSR count). The van der Waals surface area contributed by atoms with E-state index < -0.39 is 5.97 Å². The quantitative estimate of drug-likeness (QED) is 0.876. The normalized spacial score (nSPS) is 18.6. The van der Waals surface area contributed by atoms with Gasteiger partial charge in [-0.15, -0.1) is 11.8 Å². The Morgan fingerprint density at radius 2 is 2.10 bits per heavy atom. The second-order valence-electron chi connectivity index (χ2n) is 4.66. The zero-order valence-electron chi connectivity index (χ0n) is 10.9. The van der Waals surface area contributed by atoms with Crippen molar-refractivity contribution < 1.29 is 19.1 Å². The van der Waals surface area contributed by atoms with Gasteiger partial charge in [0.2, 0.25) is 5.91 Å². The molecule has 0 saturated carbocycles. The lowest BCUT2D eigenvalue weighted by Gasteiger charge is -2.24. The third-order valence-electron chi connectivity index (χ3n) is 3.17. The van der Waals surface area contributed by atoms with Gasteiger partial charge in [-0.25, -0.2) is 4.39 Å². The highest BCUT2D eigenvalue weighted by atomic mass is 32.2. The highest BCUT2D eigenvalue weighted by Gasteiger charge is 2.31. The van der Waals surface area contributed by atoms with Crippen LogP contribution < -0.4 is 0 Å². The topological polar surface area (TPSA) is 57.6 Å². The summed E-state index contributed by atoms with van der Waals surface area (Å²) in [6, 6.07) is 6.09. The van der Waals surface area contributed by atoms with E-state index >= 15 is 0 Å². The highest BCUT2D eigenvalue weighted by molar-refractivity contribution is 7.99. The number of carboxylic acid groups (broad SMARTS) is 1. The fourth-order valence-corrected chi connectivity index (χ4v) is 3.36. The number of rotatable bonds is 6. The van der Waals surface area contributed by atoms with Gasteiger partial charge >= 0.3 is 5.97 Å². The minimum absolute atomic E-state index is 0.0203. The van der Waals surface area contributed by atoms with E-state index in [1.165, 1.54) is 23.9 Å². The van der Waals surface area contributed by atoms with Crippen molar-refractivity contribution >= 4 is 23.6 Å². The molecule has 1 amide bonds. The first-order valence-electron chi connectivity index (χ1n) is 6.43. The zero-order valence-corrected chi connectivity index (χ0v) is 11.7. The summed E-state index contributed by atoms with van der Waals surface area (Å²) in [5.41, 5.74) is 0.880. The Bertz CT molecular complexity index is 492. The van der Waals surface area contributed by atoms with Crippen LogP contribution in [0, 0.1) is 5.82 Å². The van der Waals surface area contributed by atoms with Gasteiger partial charge in [-0.05, 0) is 24.1 Å². The lowest BCUT2D eigenvalue weighted by Crippen LogP contribution is -2.30. The predicted octanol–water partition coefficient (Wildman–Crippen LogP) is 2.48. The van der Waals surface area contributed by atoms with E-state index in [9.17, 15) is 14.0 Å². The van der Waals surface area contributed by atoms with Crippen molar-refractivity contribution in [3.63, 3.8) is 0 Å². The maximum Gasteiger partial charge on any atom is 0.304 e. The molecule has 0 unspecified atom stereocenters. The van der Waals surface area contributed by atoms with Crippen LogP contribution in [-0.2, 0) is 16.1 Å². The van der Waals surface area contributed by atoms with Crippen LogP contribution in [0.3, 0.4) is 0 Å². The van der Waals surface area contributed by atoms with Gasteiger partial charge in [0.25, 0.3) is 0 Å². The average Bonchev–Trinajstić information content (AvgIpc) is 2.74. The fourth-order valence-electron chi connectivity index (χ4n) is 2.14. The number of aliphatic carboxylic acids is 1. The Balaban J connectivity index is 1.94. The number of hydrogen-bond donors (Lipinski definition) is 1. The second-order valence-corrected chi connectivity index (χ2v) is 5.94. The Morgan fingerprint density at radius 3 is 2.75 bits per heavy atom. The molecular weight excluding hydrogens is 281 g/mol. The number of nitrogens with zero attached hydrogens (tertiary/aromatic N) is 1. The van der Waals surface area contributed by atoms with E-state index in [4.69, 9.17) is 5.11 Å². The summed E-state index contributed by atoms with van der Waals surface area (Å²) in [5, 5.41) is 8.66. The van der Waals surface area contributed by atoms with Crippen LogP contribution in [0.2, 0.25) is 0 Å². The average molecular weight is 297 g/mol. The van der Waals surface area contributed by atoms with Crippen LogP contribution >= 0.6 is 11.8 Å². The predicted molar refractivity (Wildman–Crippen MR) is 74.7 cm³/mol. The molecule has 0 bridgehead atoms. The third-order valence-corrected chi connectivity index (χ3v) is 4.48. The Morgan fingerprint density at radius 1 is 1.40 bits per heavy atom. The molecule has 1 saturated heterocycles. The molecule has 1 aliphatic rings. The lowest BCUT2D eigenvalue weighted by atomic mass is 10.2. The number of halogens is 1. The number of benzene rings is 1. The molecule has 1 heterocycles. The van der Waals surface area contributed by atoms with Crippen LogP contribution in [0.5, 0.6) is 0 Å². The number of carboxylic acids is 1. The molecule has 0 aliphatic carbocycles. The van der Waals surface area contributed by atoms with Crippen molar-refractivity contribution in [3.8, 4) is 0 Å². The Kier molecular flexibility index (Phi) is 5.00. The molecule has 1 fully saturated rings. The van der Waals surface area contributed by atoms with Gasteiger partial charge in [0.05, 0.1) is 11.8 Å². The van der Waals surface area contributed by atoms with Crippen LogP contribution in [0.1, 0.15) is 24.8 Å². The maximum absolute atomic E-state index is 12.9. The molecule has 20 heavy (non-hydrogen) atoms. The number of amides is 1. The zero-order chi connectivity index (χ0) is 14.5. The van der Waals surface area contributed by atoms with E-state index in [1.54, 1.807) is 17.0 Å². The van der Waals surface area contributed by atoms with Gasteiger partial charge in [-0.2, -0.15) is 0 Å². The number of hydrogen-bond acceptors (Lipinski definition) is 3. The number of thioether (sulfide) groups is 1. The fraction of sp³-hybridized carbons (Fsp3) is 0.429. The van der Waals surface area contributed by atoms with Gasteiger partial charge in [-0.1, -0.05) is 12.1 Å². The number of likely N-dealkylation sites (tertiary alicyclic amines) is 1. The van der Waals surface area contributed by atoms with Crippen molar-refractivity contribution in [1.29, 1.82) is 0 Å². The van der Waals surface area contributed by atoms with Crippen molar-refractivity contribution in [3.05, 3.63) is 35.6 Å². The first kappa shape index (κ1) is 14.8. The van der Waals surface area contributed by atoms with E-state index in [1.807, 2.05) is 0 Å². The van der Waals surface area contributed by atoms with Crippen molar-refractivity contribution in [2.75, 3.05) is 5.75 Å². The molecule has 1 aromatic carbocycles. The summed E-state index contributed by atoms with van der Waals surface area (Å²) < 4.78 is 12.9. The van der Waals surface area contributed by atoms with Crippen LogP contribution in [0.4, 0.5) is 4.39 Å². The molecule has 1 N–H and O–H groups in total. The molecule has 4 nitrogen and oxygen atoms in total. The highest BCUT2D eigenvalue weighted by Crippen LogP contribution is 2.30. The number of carbonyl (C=O) groups is 2. The van der Waals surface area contributed by atoms with Gasteiger partial charge in [0, 0.05) is 18.7 Å². The Labute approximate surface area is 121 Å². The standard InChI is InChI=1S/C14H16FNO3S/c15-11-3-1-10(2-4-11)9-16-12(17)5-6-13(16)20-8-7-14(18)19/h1-4,13H,5-9H2,(H,18,19)/t13-/m0/s1. The third kappa shape index (κ3) is 3.96. The first-order valence-corrected chi connectivity index (χ1v) is 7.48. The van der Waals surface area contributed by atoms with Gasteiger partial charge in [0.1, 0.15) is 5.82 Å². The SMILES string of the molecule is O=C(O)CCS[C@H]1CCC(=O)N1Cc1ccc(F)cc1. The molecule has 1 aromatic rings. The molecular formula is C14H16FNO3S. The molecule has 108 valence electrons. The number of carbonyl (C=O) groups excluding carboxylic acids is 1. The summed E-state index contributed by atoms with van der Waals surface area (Å²) in [7, 11) is 0. The van der Waals surface area contributed by atoms with Gasteiger partial charge in [0.15, 0.2) is 0 Å². The summed E-state index contributed by atoms with van der Waals surface area (Å²) in [5.74, 6) is -0.560. The molecule has 6 heteroatoms. The Hall–Kier alpha value is -1.56. The van der Waals surface area contributed by atoms with E-state index in [2.05, 4.69) is 0 Å². The van der Waals surface area contributed by atoms with E-state index in [-0.39, 0.29) is 23.5 Å². The minimum Gasteiger partial charge on any atom is -0.481 e. The summed E-state index contributed by atoms with van der Waals surface area (Å²) in [6.45, 7) is 0.448. The van der Waals surface area contributed by atoms with E-state index in [0.29, 0.717) is 18.7 Å². The van der Waals surface area contributed by atoms with Crippen LogP contribution in [0.25, 0.3) is 0 Å². The van der Waals surface area contributed by atoms with Crippen molar-refractivity contribution in [2.45, 2.75) is 31.2 Å². The summed E-state index contributed by atoms with van der Waals surface area (Å²) in [6.07, 6.45) is 1.33. The van der Waals surface area contributed by atoms with Crippen molar-refractivity contribution in [1.82, 2.24) is 4.90 Å². The molecule has 0 spiro atoms. The summed E-state index contributed by atoms with van der Waals surface area (Å²) in [4.78, 5) is 24.1. The molecule has 0 radical (unpaired) electrons. The first-order chi connectivity index (χ1) is 9.56. The molecule has 0 aromatic heterocycles. The summed E-state index contributed by atoms with van der Waals surface area (Å²) >= 11 is 1.50. The maximum atomic E-state index is 12.9. The van der Waals surface area contributed by atoms with Crippen LogP contribution in [-0.4, -0.2) is 33.0 Å². The van der Waals surface area contributed by atoms with E-state index in [0.717, 1.165) is 12.0 Å². The smallest absolute Gasteiger partial charge is 0.304 e. The van der Waals surface area contributed by atoms with Crippen molar-refractivity contribution in [2.24, 2.45) is 0 Å². The molecule has 1 atom stereocenters. The second kappa shape index (κ2) is 6.74. The lowest BCUT2D eigenvalue weighted by molar-refractivity contribution is -0.136. The van der Waals surface area contributed by atoms with Gasteiger partial charge < -0.3 is 10.0 Å². The minimum atomic E-state index is -0.827. The van der Waals surface area contributed by atoms with Crippen LogP contribution in [0.15, 0.2) is 24.3 Å². The monoisotopic (exact) mass is 297 g/mol.